The van der Waals surface area contributed by atoms with Crippen molar-refractivity contribution in [2.24, 2.45) is 11.7 Å². The highest BCUT2D eigenvalue weighted by molar-refractivity contribution is 5.85. The van der Waals surface area contributed by atoms with Crippen LogP contribution in [0.25, 0.3) is 0 Å². The second-order valence-electron chi connectivity index (χ2n) is 6.13. The number of benzene rings is 1. The predicted molar refractivity (Wildman–Crippen MR) is 98.0 cm³/mol. The van der Waals surface area contributed by atoms with E-state index in [1.807, 2.05) is 0 Å². The Hall–Kier alpha value is -1.86. The Morgan fingerprint density at radius 2 is 2.00 bits per heavy atom. The summed E-state index contributed by atoms with van der Waals surface area (Å²) in [5, 5.41) is 13.9. The zero-order valence-electron chi connectivity index (χ0n) is 14.2. The molecule has 0 spiro atoms. The van der Waals surface area contributed by atoms with Crippen molar-refractivity contribution in [1.82, 2.24) is 5.32 Å². The zero-order valence-corrected chi connectivity index (χ0v) is 15.0. The quantitative estimate of drug-likeness (QED) is 0.539. The van der Waals surface area contributed by atoms with Gasteiger partial charge in [-0.15, -0.1) is 12.4 Å². The lowest BCUT2D eigenvalue weighted by molar-refractivity contribution is -0.385. The number of carbonyl (C=O) groups is 1. The van der Waals surface area contributed by atoms with E-state index in [0.717, 1.165) is 12.8 Å². The van der Waals surface area contributed by atoms with Gasteiger partial charge in [0, 0.05) is 18.7 Å². The molecule has 0 aromatic heterocycles. The van der Waals surface area contributed by atoms with Crippen LogP contribution in [0, 0.1) is 16.0 Å². The molecule has 1 aromatic carbocycles. The highest BCUT2D eigenvalue weighted by Gasteiger charge is 2.24. The van der Waals surface area contributed by atoms with Gasteiger partial charge in [-0.05, 0) is 24.8 Å². The van der Waals surface area contributed by atoms with Gasteiger partial charge in [0.15, 0.2) is 5.75 Å². The standard InChI is InChI=1S/C17H25N3O4.ClH/c18-12-14(13-6-2-1-3-7-13)19-17(21)10-11-24-16-9-5-4-8-15(16)20(22)23;/h4-5,8-9,13-14H,1-3,6-7,10-12,18H2,(H,19,21);1H. The number of rotatable bonds is 8. The molecule has 1 unspecified atom stereocenters. The molecule has 0 aliphatic heterocycles. The Kier molecular flexibility index (Phi) is 9.23. The number of halogens is 1. The van der Waals surface area contributed by atoms with Gasteiger partial charge in [-0.25, -0.2) is 0 Å². The highest BCUT2D eigenvalue weighted by Crippen LogP contribution is 2.27. The molecule has 0 radical (unpaired) electrons. The van der Waals surface area contributed by atoms with Crippen molar-refractivity contribution >= 4 is 24.0 Å². The van der Waals surface area contributed by atoms with Crippen molar-refractivity contribution in [2.75, 3.05) is 13.2 Å². The number of hydrogen-bond acceptors (Lipinski definition) is 5. The Balaban J connectivity index is 0.00000312. The molecule has 3 N–H and O–H groups in total. The SMILES string of the molecule is Cl.NCC(NC(=O)CCOc1ccccc1[N+](=O)[O-])C1CCCCC1. The van der Waals surface area contributed by atoms with E-state index in [1.54, 1.807) is 12.1 Å². The van der Waals surface area contributed by atoms with Crippen LogP contribution < -0.4 is 15.8 Å². The van der Waals surface area contributed by atoms with Crippen LogP contribution in [0.1, 0.15) is 38.5 Å². The highest BCUT2D eigenvalue weighted by atomic mass is 35.5. The lowest BCUT2D eigenvalue weighted by Gasteiger charge is -2.30. The largest absolute Gasteiger partial charge is 0.486 e. The summed E-state index contributed by atoms with van der Waals surface area (Å²) in [4.78, 5) is 22.5. The van der Waals surface area contributed by atoms with Gasteiger partial charge in [-0.1, -0.05) is 31.4 Å². The number of nitrogens with zero attached hydrogens (tertiary/aromatic N) is 1. The second kappa shape index (κ2) is 10.9. The van der Waals surface area contributed by atoms with Gasteiger partial charge < -0.3 is 15.8 Å². The van der Waals surface area contributed by atoms with Crippen LogP contribution in [0.15, 0.2) is 24.3 Å². The molecule has 0 saturated heterocycles. The topological polar surface area (TPSA) is 107 Å². The van der Waals surface area contributed by atoms with Crippen LogP contribution in [0.3, 0.4) is 0 Å². The van der Waals surface area contributed by atoms with E-state index >= 15 is 0 Å². The molecule has 1 saturated carbocycles. The molecule has 7 nitrogen and oxygen atoms in total. The van der Waals surface area contributed by atoms with Crippen LogP contribution in [0.4, 0.5) is 5.69 Å². The first-order valence-corrected chi connectivity index (χ1v) is 8.47. The number of carbonyl (C=O) groups excluding carboxylic acids is 1. The van der Waals surface area contributed by atoms with Gasteiger partial charge in [0.05, 0.1) is 18.0 Å². The molecule has 1 fully saturated rings. The summed E-state index contributed by atoms with van der Waals surface area (Å²) >= 11 is 0. The Morgan fingerprint density at radius 3 is 2.64 bits per heavy atom. The van der Waals surface area contributed by atoms with Crippen LogP contribution in [0.2, 0.25) is 0 Å². The minimum atomic E-state index is -0.497. The molecule has 1 amide bonds. The maximum atomic E-state index is 12.1. The van der Waals surface area contributed by atoms with Crippen LogP contribution in [0.5, 0.6) is 5.75 Å². The molecule has 1 atom stereocenters. The average molecular weight is 372 g/mol. The fourth-order valence-electron chi connectivity index (χ4n) is 3.17. The Labute approximate surface area is 153 Å². The predicted octanol–water partition coefficient (Wildman–Crippen LogP) is 2.81. The lowest BCUT2D eigenvalue weighted by atomic mass is 9.84. The normalized spacial score (nSPS) is 15.7. The lowest BCUT2D eigenvalue weighted by Crippen LogP contribution is -2.46. The zero-order chi connectivity index (χ0) is 17.4. The van der Waals surface area contributed by atoms with Crippen molar-refractivity contribution in [1.29, 1.82) is 0 Å². The summed E-state index contributed by atoms with van der Waals surface area (Å²) in [6, 6.07) is 6.15. The van der Waals surface area contributed by atoms with E-state index in [-0.39, 0.29) is 48.8 Å². The number of para-hydroxylation sites is 2. The molecule has 1 aliphatic carbocycles. The van der Waals surface area contributed by atoms with Crippen molar-refractivity contribution in [2.45, 2.75) is 44.6 Å². The molecule has 2 rings (SSSR count). The maximum Gasteiger partial charge on any atom is 0.310 e. The third-order valence-corrected chi connectivity index (χ3v) is 4.47. The molecule has 1 aliphatic rings. The summed E-state index contributed by atoms with van der Waals surface area (Å²) in [6.07, 6.45) is 6.00. The molecule has 25 heavy (non-hydrogen) atoms. The second-order valence-corrected chi connectivity index (χ2v) is 6.13. The Morgan fingerprint density at radius 1 is 1.32 bits per heavy atom. The van der Waals surface area contributed by atoms with E-state index < -0.39 is 4.92 Å². The number of nitro groups is 1. The van der Waals surface area contributed by atoms with E-state index in [1.165, 1.54) is 31.4 Å². The van der Waals surface area contributed by atoms with E-state index in [9.17, 15) is 14.9 Å². The van der Waals surface area contributed by atoms with Gasteiger partial charge in [-0.3, -0.25) is 14.9 Å². The van der Waals surface area contributed by atoms with Crippen LogP contribution in [-0.4, -0.2) is 30.0 Å². The minimum absolute atomic E-state index is 0. The first kappa shape index (κ1) is 21.2. The molecule has 1 aromatic rings. The Bertz CT molecular complexity index is 565. The molecule has 140 valence electrons. The third-order valence-electron chi connectivity index (χ3n) is 4.47. The third kappa shape index (κ3) is 6.51. The smallest absolute Gasteiger partial charge is 0.310 e. The molecule has 0 bridgehead atoms. The van der Waals surface area contributed by atoms with E-state index in [0.29, 0.717) is 12.5 Å². The van der Waals surface area contributed by atoms with Gasteiger partial charge in [0.25, 0.3) is 0 Å². The number of nitrogens with one attached hydrogen (secondary N) is 1. The summed E-state index contributed by atoms with van der Waals surface area (Å²) in [5.74, 6) is 0.497. The van der Waals surface area contributed by atoms with E-state index in [4.69, 9.17) is 10.5 Å². The number of amides is 1. The number of ether oxygens (including phenoxy) is 1. The van der Waals surface area contributed by atoms with Crippen LogP contribution >= 0.6 is 12.4 Å². The molecular formula is C17H26ClN3O4. The van der Waals surface area contributed by atoms with Gasteiger partial charge in [0.2, 0.25) is 5.91 Å². The van der Waals surface area contributed by atoms with Gasteiger partial charge >= 0.3 is 5.69 Å². The number of nitro benzene ring substituents is 1. The van der Waals surface area contributed by atoms with Crippen molar-refractivity contribution < 1.29 is 14.5 Å². The van der Waals surface area contributed by atoms with Crippen molar-refractivity contribution in [3.63, 3.8) is 0 Å². The van der Waals surface area contributed by atoms with E-state index in [2.05, 4.69) is 5.32 Å². The van der Waals surface area contributed by atoms with Gasteiger partial charge in [0.1, 0.15) is 0 Å². The summed E-state index contributed by atoms with van der Waals surface area (Å²) in [7, 11) is 0. The van der Waals surface area contributed by atoms with Crippen molar-refractivity contribution in [3.05, 3.63) is 34.4 Å². The monoisotopic (exact) mass is 371 g/mol. The minimum Gasteiger partial charge on any atom is -0.486 e. The molecule has 0 heterocycles. The molecule has 8 heteroatoms. The fourth-order valence-corrected chi connectivity index (χ4v) is 3.17. The summed E-state index contributed by atoms with van der Waals surface area (Å²) < 4.78 is 5.40. The number of nitrogens with two attached hydrogens (primary N) is 1. The summed E-state index contributed by atoms with van der Waals surface area (Å²) in [6.45, 7) is 0.528. The van der Waals surface area contributed by atoms with Crippen molar-refractivity contribution in [3.8, 4) is 5.75 Å². The number of hydrogen-bond donors (Lipinski definition) is 2. The maximum absolute atomic E-state index is 12.1. The first-order valence-electron chi connectivity index (χ1n) is 8.47. The fraction of sp³-hybridized carbons (Fsp3) is 0.588. The van der Waals surface area contributed by atoms with Gasteiger partial charge in [-0.2, -0.15) is 0 Å². The average Bonchev–Trinajstić information content (AvgIpc) is 2.60. The first-order chi connectivity index (χ1) is 11.6. The summed E-state index contributed by atoms with van der Waals surface area (Å²) in [5.41, 5.74) is 5.71. The van der Waals surface area contributed by atoms with Crippen LogP contribution in [-0.2, 0) is 4.79 Å². The molecular weight excluding hydrogens is 346 g/mol.